The molecule has 1 aliphatic rings. The van der Waals surface area contributed by atoms with Crippen LogP contribution in [0.1, 0.15) is 11.1 Å². The average Bonchev–Trinajstić information content (AvgIpc) is 2.58. The first kappa shape index (κ1) is 13.4. The summed E-state index contributed by atoms with van der Waals surface area (Å²) in [6.07, 6.45) is 0. The van der Waals surface area contributed by atoms with Crippen molar-refractivity contribution in [1.29, 1.82) is 0 Å². The van der Waals surface area contributed by atoms with Crippen molar-refractivity contribution in [3.63, 3.8) is 0 Å². The van der Waals surface area contributed by atoms with Crippen LogP contribution in [0.2, 0.25) is 0 Å². The van der Waals surface area contributed by atoms with Crippen LogP contribution in [0.3, 0.4) is 0 Å². The van der Waals surface area contributed by atoms with Gasteiger partial charge in [-0.1, -0.05) is 24.4 Å². The molecule has 1 fully saturated rings. The SMILES string of the molecule is CN1CC(=O)N(Cc2cccc(C(N)=S)c2F)C1=O. The standard InChI is InChI=1S/C12H12FN3O2S/c1-15-6-9(17)16(12(15)18)5-7-3-2-4-8(10(7)13)11(14)19/h2-4H,5-6H2,1H3,(H2,14,19). The van der Waals surface area contributed by atoms with E-state index in [4.69, 9.17) is 18.0 Å². The van der Waals surface area contributed by atoms with Gasteiger partial charge in [0.1, 0.15) is 17.4 Å². The van der Waals surface area contributed by atoms with Gasteiger partial charge in [0.2, 0.25) is 0 Å². The van der Waals surface area contributed by atoms with Gasteiger partial charge in [-0.3, -0.25) is 9.69 Å². The molecule has 2 N–H and O–H groups in total. The maximum Gasteiger partial charge on any atom is 0.327 e. The molecule has 0 atom stereocenters. The van der Waals surface area contributed by atoms with Crippen LogP contribution >= 0.6 is 12.2 Å². The second-order valence-electron chi connectivity index (χ2n) is 4.26. The number of likely N-dealkylation sites (N-methyl/N-ethyl adjacent to an activating group) is 1. The predicted molar refractivity (Wildman–Crippen MR) is 70.9 cm³/mol. The molecule has 100 valence electrons. The number of nitrogens with zero attached hydrogens (tertiary/aromatic N) is 2. The number of imide groups is 1. The van der Waals surface area contributed by atoms with E-state index in [2.05, 4.69) is 0 Å². The minimum Gasteiger partial charge on any atom is -0.389 e. The average molecular weight is 281 g/mol. The summed E-state index contributed by atoms with van der Waals surface area (Å²) in [5, 5.41) is 0. The Bertz CT molecular complexity index is 576. The Morgan fingerprint density at radius 1 is 1.47 bits per heavy atom. The maximum absolute atomic E-state index is 14.1. The number of amides is 3. The van der Waals surface area contributed by atoms with Gasteiger partial charge in [-0.25, -0.2) is 9.18 Å². The van der Waals surface area contributed by atoms with Crippen molar-refractivity contribution in [3.05, 3.63) is 35.1 Å². The quantitative estimate of drug-likeness (QED) is 0.659. The Morgan fingerprint density at radius 3 is 2.68 bits per heavy atom. The number of hydrogen-bond donors (Lipinski definition) is 1. The summed E-state index contributed by atoms with van der Waals surface area (Å²) < 4.78 is 14.1. The minimum absolute atomic E-state index is 0.00937. The molecule has 1 aromatic rings. The van der Waals surface area contributed by atoms with Gasteiger partial charge in [0.25, 0.3) is 5.91 Å². The van der Waals surface area contributed by atoms with Crippen molar-refractivity contribution < 1.29 is 14.0 Å². The third kappa shape index (κ3) is 2.41. The van der Waals surface area contributed by atoms with Crippen LogP contribution in [0.15, 0.2) is 18.2 Å². The normalized spacial score (nSPS) is 15.3. The fourth-order valence-electron chi connectivity index (χ4n) is 1.89. The zero-order valence-electron chi connectivity index (χ0n) is 10.2. The van der Waals surface area contributed by atoms with Gasteiger partial charge in [0, 0.05) is 18.2 Å². The van der Waals surface area contributed by atoms with E-state index >= 15 is 0 Å². The largest absolute Gasteiger partial charge is 0.389 e. The molecule has 0 spiro atoms. The minimum atomic E-state index is -0.592. The molecule has 0 radical (unpaired) electrons. The molecule has 7 heteroatoms. The highest BCUT2D eigenvalue weighted by atomic mass is 32.1. The van der Waals surface area contributed by atoms with Crippen molar-refractivity contribution in [2.24, 2.45) is 5.73 Å². The summed E-state index contributed by atoms with van der Waals surface area (Å²) in [5.74, 6) is -0.946. The Morgan fingerprint density at radius 2 is 2.16 bits per heavy atom. The zero-order chi connectivity index (χ0) is 14.2. The summed E-state index contributed by atoms with van der Waals surface area (Å²) in [5.41, 5.74) is 5.73. The molecule has 19 heavy (non-hydrogen) atoms. The molecule has 5 nitrogen and oxygen atoms in total. The van der Waals surface area contributed by atoms with Gasteiger partial charge in [0.05, 0.1) is 6.54 Å². The lowest BCUT2D eigenvalue weighted by Crippen LogP contribution is -2.31. The number of nitrogens with two attached hydrogens (primary N) is 1. The fourth-order valence-corrected chi connectivity index (χ4v) is 2.04. The molecule has 2 rings (SSSR count). The van der Waals surface area contributed by atoms with Gasteiger partial charge < -0.3 is 10.6 Å². The summed E-state index contributed by atoms with van der Waals surface area (Å²) in [6.45, 7) is -0.111. The molecular formula is C12H12FN3O2S. The molecule has 1 aliphatic heterocycles. The molecule has 1 heterocycles. The molecule has 0 unspecified atom stereocenters. The lowest BCUT2D eigenvalue weighted by molar-refractivity contribution is -0.125. The number of rotatable bonds is 3. The Labute approximate surface area is 114 Å². The van der Waals surface area contributed by atoms with E-state index < -0.39 is 11.8 Å². The first-order valence-corrected chi connectivity index (χ1v) is 5.95. The highest BCUT2D eigenvalue weighted by molar-refractivity contribution is 7.80. The second kappa shape index (κ2) is 4.93. The van der Waals surface area contributed by atoms with Crippen molar-refractivity contribution in [1.82, 2.24) is 9.80 Å². The van der Waals surface area contributed by atoms with E-state index in [1.54, 1.807) is 6.07 Å². The predicted octanol–water partition coefficient (Wildman–Crippen LogP) is 0.854. The summed E-state index contributed by atoms with van der Waals surface area (Å²) >= 11 is 4.74. The lowest BCUT2D eigenvalue weighted by Gasteiger charge is -2.15. The Hall–Kier alpha value is -2.02. The van der Waals surface area contributed by atoms with Crippen LogP contribution in [0, 0.1) is 5.82 Å². The molecule has 3 amide bonds. The van der Waals surface area contributed by atoms with Crippen LogP contribution < -0.4 is 5.73 Å². The van der Waals surface area contributed by atoms with E-state index in [9.17, 15) is 14.0 Å². The van der Waals surface area contributed by atoms with Gasteiger partial charge in [0.15, 0.2) is 0 Å². The van der Waals surface area contributed by atoms with Gasteiger partial charge >= 0.3 is 6.03 Å². The summed E-state index contributed by atoms with van der Waals surface area (Å²) in [7, 11) is 1.52. The Balaban J connectivity index is 2.30. The zero-order valence-corrected chi connectivity index (χ0v) is 11.0. The van der Waals surface area contributed by atoms with E-state index in [1.165, 1.54) is 24.1 Å². The first-order chi connectivity index (χ1) is 8.91. The van der Waals surface area contributed by atoms with Crippen LogP contribution in [0.25, 0.3) is 0 Å². The van der Waals surface area contributed by atoms with Gasteiger partial charge in [-0.15, -0.1) is 0 Å². The van der Waals surface area contributed by atoms with Crippen LogP contribution in [0.5, 0.6) is 0 Å². The highest BCUT2D eigenvalue weighted by Gasteiger charge is 2.34. The maximum atomic E-state index is 14.1. The van der Waals surface area contributed by atoms with E-state index in [0.29, 0.717) is 0 Å². The third-order valence-electron chi connectivity index (χ3n) is 2.90. The van der Waals surface area contributed by atoms with E-state index in [-0.39, 0.29) is 35.1 Å². The van der Waals surface area contributed by atoms with Crippen molar-refractivity contribution >= 4 is 29.1 Å². The molecule has 0 saturated carbocycles. The molecular weight excluding hydrogens is 269 g/mol. The lowest BCUT2D eigenvalue weighted by atomic mass is 10.1. The van der Waals surface area contributed by atoms with Crippen LogP contribution in [0.4, 0.5) is 9.18 Å². The van der Waals surface area contributed by atoms with Gasteiger partial charge in [-0.2, -0.15) is 0 Å². The Kier molecular flexibility index (Phi) is 3.48. The smallest absolute Gasteiger partial charge is 0.327 e. The number of carbonyl (C=O) groups is 2. The van der Waals surface area contributed by atoms with E-state index in [0.717, 1.165) is 4.90 Å². The summed E-state index contributed by atoms with van der Waals surface area (Å²) in [6, 6.07) is 4.10. The van der Waals surface area contributed by atoms with Crippen molar-refractivity contribution in [2.75, 3.05) is 13.6 Å². The molecule has 0 aliphatic carbocycles. The number of thiocarbonyl (C=S) groups is 1. The second-order valence-corrected chi connectivity index (χ2v) is 4.70. The molecule has 0 bridgehead atoms. The molecule has 0 aromatic heterocycles. The van der Waals surface area contributed by atoms with Crippen LogP contribution in [-0.2, 0) is 11.3 Å². The number of urea groups is 1. The fraction of sp³-hybridized carbons (Fsp3) is 0.250. The monoisotopic (exact) mass is 281 g/mol. The highest BCUT2D eigenvalue weighted by Crippen LogP contribution is 2.18. The first-order valence-electron chi connectivity index (χ1n) is 5.54. The third-order valence-corrected chi connectivity index (χ3v) is 3.12. The van der Waals surface area contributed by atoms with Crippen LogP contribution in [-0.4, -0.2) is 40.3 Å². The molecule has 1 aromatic carbocycles. The van der Waals surface area contributed by atoms with Crippen molar-refractivity contribution in [3.8, 4) is 0 Å². The topological polar surface area (TPSA) is 66.6 Å². The van der Waals surface area contributed by atoms with E-state index in [1.807, 2.05) is 0 Å². The van der Waals surface area contributed by atoms with Gasteiger partial charge in [-0.05, 0) is 6.07 Å². The number of halogens is 1. The molecule has 1 saturated heterocycles. The number of hydrogen-bond acceptors (Lipinski definition) is 3. The summed E-state index contributed by atoms with van der Waals surface area (Å²) in [4.78, 5) is 25.5. The number of benzene rings is 1. The number of carbonyl (C=O) groups excluding carboxylic acids is 2. The van der Waals surface area contributed by atoms with Crippen molar-refractivity contribution in [2.45, 2.75) is 6.54 Å².